The molecular weight excluding hydrogens is 329 g/mol. The van der Waals surface area contributed by atoms with Gasteiger partial charge in [0.1, 0.15) is 5.82 Å². The number of hydrogen-bond donors (Lipinski definition) is 0. The molecule has 1 aromatic carbocycles. The van der Waals surface area contributed by atoms with Gasteiger partial charge in [0.15, 0.2) is 0 Å². The molecule has 22 heavy (non-hydrogen) atoms. The fourth-order valence-electron chi connectivity index (χ4n) is 1.82. The Bertz CT molecular complexity index is 826. The number of carbonyl (C=O) groups is 1. The summed E-state index contributed by atoms with van der Waals surface area (Å²) in [5.41, 5.74) is 0.573. The summed E-state index contributed by atoms with van der Waals surface area (Å²) in [6, 6.07) is 9.11. The molecule has 0 spiro atoms. The average molecular weight is 338 g/mol. The third-order valence-electron chi connectivity index (χ3n) is 2.72. The van der Waals surface area contributed by atoms with E-state index in [1.54, 1.807) is 12.1 Å². The third-order valence-corrected chi connectivity index (χ3v) is 3.95. The molecule has 3 aromatic rings. The lowest BCUT2D eigenvalue weighted by Gasteiger charge is -1.96. The highest BCUT2D eigenvalue weighted by atomic mass is 35.5. The smallest absolute Gasteiger partial charge is 0.309 e. The molecule has 0 saturated carbocycles. The van der Waals surface area contributed by atoms with Crippen LogP contribution in [0.15, 0.2) is 40.8 Å². The average Bonchev–Trinajstić information content (AvgIpc) is 3.05. The Labute approximate surface area is 134 Å². The summed E-state index contributed by atoms with van der Waals surface area (Å²) in [5.74, 6) is -0.267. The van der Waals surface area contributed by atoms with E-state index < -0.39 is 5.97 Å². The maximum absolute atomic E-state index is 13.0. The summed E-state index contributed by atoms with van der Waals surface area (Å²) in [6.07, 6.45) is 0. The SMILES string of the molecule is CC(=O)Oc1nc(-c2ccc(F)cc2)oc1-c1ccc(Cl)s1. The van der Waals surface area contributed by atoms with E-state index in [2.05, 4.69) is 4.98 Å². The molecule has 2 heterocycles. The number of aromatic nitrogens is 1. The van der Waals surface area contributed by atoms with Gasteiger partial charge in [-0.3, -0.25) is 4.79 Å². The van der Waals surface area contributed by atoms with Crippen LogP contribution < -0.4 is 4.74 Å². The molecule has 2 aromatic heterocycles. The third kappa shape index (κ3) is 3.03. The van der Waals surface area contributed by atoms with Crippen LogP contribution in [0.2, 0.25) is 4.34 Å². The van der Waals surface area contributed by atoms with E-state index in [1.165, 1.54) is 42.5 Å². The molecule has 112 valence electrons. The van der Waals surface area contributed by atoms with Crippen LogP contribution in [0, 0.1) is 5.82 Å². The van der Waals surface area contributed by atoms with Crippen molar-refractivity contribution in [3.63, 3.8) is 0 Å². The van der Waals surface area contributed by atoms with Crippen LogP contribution in [0.4, 0.5) is 4.39 Å². The van der Waals surface area contributed by atoms with E-state index in [-0.39, 0.29) is 17.6 Å². The fraction of sp³-hybridized carbons (Fsp3) is 0.0667. The highest BCUT2D eigenvalue weighted by molar-refractivity contribution is 7.19. The number of oxazole rings is 1. The van der Waals surface area contributed by atoms with Crippen LogP contribution in [-0.4, -0.2) is 11.0 Å². The van der Waals surface area contributed by atoms with Crippen LogP contribution in [0.1, 0.15) is 6.92 Å². The Morgan fingerprint density at radius 2 is 2.00 bits per heavy atom. The zero-order chi connectivity index (χ0) is 15.7. The molecule has 0 amide bonds. The minimum Gasteiger partial charge on any atom is -0.431 e. The Morgan fingerprint density at radius 3 is 2.59 bits per heavy atom. The van der Waals surface area contributed by atoms with E-state index in [0.717, 1.165) is 0 Å². The van der Waals surface area contributed by atoms with Gasteiger partial charge in [0.25, 0.3) is 5.88 Å². The van der Waals surface area contributed by atoms with Crippen LogP contribution in [0.3, 0.4) is 0 Å². The normalized spacial score (nSPS) is 10.7. The highest BCUT2D eigenvalue weighted by Gasteiger charge is 2.20. The molecule has 0 fully saturated rings. The predicted octanol–water partition coefficient (Wildman–Crippen LogP) is 4.79. The van der Waals surface area contributed by atoms with Crippen molar-refractivity contribution in [2.24, 2.45) is 0 Å². The molecule has 0 atom stereocenters. The molecule has 4 nitrogen and oxygen atoms in total. The van der Waals surface area contributed by atoms with Crippen LogP contribution in [0.5, 0.6) is 5.88 Å². The quantitative estimate of drug-likeness (QED) is 0.645. The van der Waals surface area contributed by atoms with Crippen molar-refractivity contribution in [1.82, 2.24) is 4.98 Å². The number of rotatable bonds is 3. The second kappa shape index (κ2) is 5.90. The van der Waals surface area contributed by atoms with Gasteiger partial charge in [0.05, 0.1) is 9.21 Å². The van der Waals surface area contributed by atoms with Crippen molar-refractivity contribution in [3.8, 4) is 28.0 Å². The largest absolute Gasteiger partial charge is 0.431 e. The summed E-state index contributed by atoms with van der Waals surface area (Å²) in [4.78, 5) is 16.1. The van der Waals surface area contributed by atoms with Gasteiger partial charge in [-0.15, -0.1) is 11.3 Å². The second-order valence-corrected chi connectivity index (χ2v) is 6.07. The number of halogens is 2. The Morgan fingerprint density at radius 1 is 1.27 bits per heavy atom. The first-order valence-electron chi connectivity index (χ1n) is 6.24. The number of ether oxygens (including phenoxy) is 1. The lowest BCUT2D eigenvalue weighted by Crippen LogP contribution is -2.02. The summed E-state index contributed by atoms with van der Waals surface area (Å²) >= 11 is 7.19. The summed E-state index contributed by atoms with van der Waals surface area (Å²) in [6.45, 7) is 1.28. The lowest BCUT2D eigenvalue weighted by molar-refractivity contribution is -0.132. The first kappa shape index (κ1) is 14.7. The van der Waals surface area contributed by atoms with Crippen LogP contribution in [-0.2, 0) is 4.79 Å². The van der Waals surface area contributed by atoms with Crippen molar-refractivity contribution in [1.29, 1.82) is 0 Å². The van der Waals surface area contributed by atoms with Gasteiger partial charge in [-0.05, 0) is 36.4 Å². The molecule has 0 aliphatic heterocycles. The summed E-state index contributed by atoms with van der Waals surface area (Å²) in [7, 11) is 0. The first-order valence-corrected chi connectivity index (χ1v) is 7.43. The number of nitrogens with zero attached hydrogens (tertiary/aromatic N) is 1. The Hall–Kier alpha value is -2.18. The Balaban J connectivity index is 2.07. The van der Waals surface area contributed by atoms with Crippen molar-refractivity contribution < 1.29 is 18.3 Å². The number of esters is 1. The van der Waals surface area contributed by atoms with Crippen molar-refractivity contribution >= 4 is 28.9 Å². The molecule has 0 N–H and O–H groups in total. The van der Waals surface area contributed by atoms with Gasteiger partial charge in [-0.2, -0.15) is 4.98 Å². The van der Waals surface area contributed by atoms with E-state index in [4.69, 9.17) is 20.8 Å². The highest BCUT2D eigenvalue weighted by Crippen LogP contribution is 2.39. The van der Waals surface area contributed by atoms with Crippen molar-refractivity contribution in [2.45, 2.75) is 6.92 Å². The molecule has 7 heteroatoms. The van der Waals surface area contributed by atoms with Gasteiger partial charge >= 0.3 is 5.97 Å². The van der Waals surface area contributed by atoms with Crippen LogP contribution >= 0.6 is 22.9 Å². The lowest BCUT2D eigenvalue weighted by atomic mass is 10.2. The van der Waals surface area contributed by atoms with Crippen LogP contribution in [0.25, 0.3) is 22.1 Å². The van der Waals surface area contributed by atoms with Gasteiger partial charge in [0.2, 0.25) is 11.7 Å². The number of benzene rings is 1. The van der Waals surface area contributed by atoms with Crippen molar-refractivity contribution in [3.05, 3.63) is 46.6 Å². The van der Waals surface area contributed by atoms with E-state index in [1.807, 2.05) is 0 Å². The maximum atomic E-state index is 13.0. The monoisotopic (exact) mass is 337 g/mol. The minimum atomic E-state index is -0.511. The fourth-order valence-corrected chi connectivity index (χ4v) is 2.84. The molecule has 0 aliphatic carbocycles. The van der Waals surface area contributed by atoms with E-state index in [9.17, 15) is 9.18 Å². The zero-order valence-corrected chi connectivity index (χ0v) is 12.9. The van der Waals surface area contributed by atoms with Gasteiger partial charge in [-0.25, -0.2) is 4.39 Å². The first-order chi connectivity index (χ1) is 10.5. The number of thiophene rings is 1. The second-order valence-electron chi connectivity index (χ2n) is 4.36. The molecule has 0 bridgehead atoms. The van der Waals surface area contributed by atoms with E-state index >= 15 is 0 Å². The minimum absolute atomic E-state index is 0.0605. The van der Waals surface area contributed by atoms with Gasteiger partial charge in [0, 0.05) is 12.5 Å². The van der Waals surface area contributed by atoms with Crippen molar-refractivity contribution in [2.75, 3.05) is 0 Å². The molecule has 3 rings (SSSR count). The maximum Gasteiger partial charge on any atom is 0.309 e. The summed E-state index contributed by atoms with van der Waals surface area (Å²) < 4.78 is 24.3. The topological polar surface area (TPSA) is 52.3 Å². The molecule has 0 radical (unpaired) electrons. The predicted molar refractivity (Wildman–Crippen MR) is 81.5 cm³/mol. The number of carbonyl (C=O) groups excluding carboxylic acids is 1. The number of hydrogen-bond acceptors (Lipinski definition) is 5. The standard InChI is InChI=1S/C15H9ClFNO3S/c1-8(19)20-15-13(11-6-7-12(16)22-11)21-14(18-15)9-2-4-10(17)5-3-9/h2-7H,1H3. The summed E-state index contributed by atoms with van der Waals surface area (Å²) in [5, 5.41) is 0. The zero-order valence-electron chi connectivity index (χ0n) is 11.3. The molecule has 0 saturated heterocycles. The molecule has 0 aliphatic rings. The van der Waals surface area contributed by atoms with Gasteiger partial charge in [-0.1, -0.05) is 11.6 Å². The van der Waals surface area contributed by atoms with Gasteiger partial charge < -0.3 is 9.15 Å². The Kier molecular flexibility index (Phi) is 3.96. The van der Waals surface area contributed by atoms with E-state index in [0.29, 0.717) is 20.5 Å². The molecular formula is C15H9ClFNO3S. The molecule has 0 unspecified atom stereocenters.